The first-order valence-electron chi connectivity index (χ1n) is 6.56. The number of fused-ring (bicyclic) bond motifs is 2. The maximum absolute atomic E-state index is 4.69. The van der Waals surface area contributed by atoms with Crippen LogP contribution in [-0.4, -0.2) is 19.5 Å². The van der Waals surface area contributed by atoms with Crippen LogP contribution >= 0.6 is 15.9 Å². The summed E-state index contributed by atoms with van der Waals surface area (Å²) in [6.45, 7) is 0. The number of hydrogen-bond donors (Lipinski definition) is 0. The largest absolute Gasteiger partial charge is 0.326 e. The van der Waals surface area contributed by atoms with Crippen molar-refractivity contribution < 1.29 is 0 Å². The Balaban J connectivity index is 1.97. The Morgan fingerprint density at radius 1 is 0.952 bits per heavy atom. The minimum absolute atomic E-state index is 0.777. The predicted molar refractivity (Wildman–Crippen MR) is 86.9 cm³/mol. The molecule has 21 heavy (non-hydrogen) atoms. The van der Waals surface area contributed by atoms with Gasteiger partial charge in [-0.25, -0.2) is 9.97 Å². The summed E-state index contributed by atoms with van der Waals surface area (Å²) in [5.41, 5.74) is 4.56. The number of hydrogen-bond acceptors (Lipinski definition) is 3. The summed E-state index contributed by atoms with van der Waals surface area (Å²) < 4.78 is 3.04. The molecular formula is C16H11BrN4. The van der Waals surface area contributed by atoms with Gasteiger partial charge in [0.1, 0.15) is 5.69 Å². The Bertz CT molecular complexity index is 975. The van der Waals surface area contributed by atoms with Crippen molar-refractivity contribution >= 4 is 38.0 Å². The molecule has 2 aromatic carbocycles. The maximum Gasteiger partial charge on any atom is 0.161 e. The van der Waals surface area contributed by atoms with Crippen molar-refractivity contribution in [2.75, 3.05) is 0 Å². The molecule has 0 aliphatic carbocycles. The van der Waals surface area contributed by atoms with Gasteiger partial charge in [0.2, 0.25) is 0 Å². The van der Waals surface area contributed by atoms with Gasteiger partial charge < -0.3 is 4.57 Å². The summed E-state index contributed by atoms with van der Waals surface area (Å²) in [5, 5.41) is 0. The molecular weight excluding hydrogens is 328 g/mol. The molecule has 2 aromatic heterocycles. The fourth-order valence-corrected chi connectivity index (χ4v) is 2.82. The molecule has 4 nitrogen and oxygen atoms in total. The van der Waals surface area contributed by atoms with E-state index in [-0.39, 0.29) is 0 Å². The van der Waals surface area contributed by atoms with Crippen molar-refractivity contribution in [2.24, 2.45) is 7.05 Å². The zero-order chi connectivity index (χ0) is 14.4. The molecule has 0 unspecified atom stereocenters. The first-order chi connectivity index (χ1) is 10.2. The molecule has 0 amide bonds. The molecule has 0 saturated heterocycles. The molecule has 102 valence electrons. The van der Waals surface area contributed by atoms with Gasteiger partial charge in [-0.1, -0.05) is 28.1 Å². The minimum Gasteiger partial charge on any atom is -0.326 e. The Kier molecular flexibility index (Phi) is 2.75. The molecule has 2 heterocycles. The molecule has 0 atom stereocenters. The van der Waals surface area contributed by atoms with Gasteiger partial charge in [-0.05, 0) is 30.3 Å². The third-order valence-corrected chi connectivity index (χ3v) is 4.01. The van der Waals surface area contributed by atoms with Crippen molar-refractivity contribution in [1.82, 2.24) is 19.5 Å². The molecule has 0 N–H and O–H groups in total. The quantitative estimate of drug-likeness (QED) is 0.527. The number of halogens is 1. The van der Waals surface area contributed by atoms with E-state index in [1.807, 2.05) is 48.0 Å². The summed E-state index contributed by atoms with van der Waals surface area (Å²) in [5.74, 6) is 0.825. The number of aromatic nitrogens is 4. The van der Waals surface area contributed by atoms with E-state index < -0.39 is 0 Å². The smallest absolute Gasteiger partial charge is 0.161 e. The lowest BCUT2D eigenvalue weighted by atomic mass is 10.3. The second kappa shape index (κ2) is 4.63. The fraction of sp³-hybridized carbons (Fsp3) is 0.0625. The van der Waals surface area contributed by atoms with Gasteiger partial charge in [-0.2, -0.15) is 0 Å². The SMILES string of the molecule is Cn1c(-c2cnc3ccc(Br)cc3n2)nc2ccccc21. The lowest BCUT2D eigenvalue weighted by Crippen LogP contribution is -1.96. The van der Waals surface area contributed by atoms with Gasteiger partial charge in [0, 0.05) is 11.5 Å². The van der Waals surface area contributed by atoms with Gasteiger partial charge in [0.15, 0.2) is 5.82 Å². The number of rotatable bonds is 1. The van der Waals surface area contributed by atoms with Crippen LogP contribution < -0.4 is 0 Å². The summed E-state index contributed by atoms with van der Waals surface area (Å²) in [6, 6.07) is 13.9. The Morgan fingerprint density at radius 2 is 1.81 bits per heavy atom. The molecule has 4 rings (SSSR count). The molecule has 0 radical (unpaired) electrons. The van der Waals surface area contributed by atoms with Crippen molar-refractivity contribution in [3.8, 4) is 11.5 Å². The Labute approximate surface area is 129 Å². The van der Waals surface area contributed by atoms with Crippen LogP contribution in [0.5, 0.6) is 0 Å². The number of aryl methyl sites for hydroxylation is 1. The zero-order valence-corrected chi connectivity index (χ0v) is 12.9. The fourth-order valence-electron chi connectivity index (χ4n) is 2.47. The van der Waals surface area contributed by atoms with E-state index in [9.17, 15) is 0 Å². The molecule has 0 bridgehead atoms. The van der Waals surface area contributed by atoms with Crippen LogP contribution in [-0.2, 0) is 7.05 Å². The van der Waals surface area contributed by atoms with Gasteiger partial charge in [-0.15, -0.1) is 0 Å². The summed E-state index contributed by atoms with van der Waals surface area (Å²) in [6.07, 6.45) is 1.78. The first kappa shape index (κ1) is 12.5. The zero-order valence-electron chi connectivity index (χ0n) is 11.3. The van der Waals surface area contributed by atoms with Crippen LogP contribution in [0, 0.1) is 0 Å². The van der Waals surface area contributed by atoms with E-state index >= 15 is 0 Å². The van der Waals surface area contributed by atoms with Crippen LogP contribution in [0.4, 0.5) is 0 Å². The standard InChI is InChI=1S/C16H11BrN4/c1-21-15-5-3-2-4-12(15)20-16(21)14-9-18-11-7-6-10(17)8-13(11)19-14/h2-9H,1H3. The lowest BCUT2D eigenvalue weighted by Gasteiger charge is -2.03. The van der Waals surface area contributed by atoms with E-state index in [1.54, 1.807) is 6.20 Å². The second-order valence-corrected chi connectivity index (χ2v) is 5.79. The van der Waals surface area contributed by atoms with E-state index in [1.165, 1.54) is 0 Å². The second-order valence-electron chi connectivity index (χ2n) is 4.87. The minimum atomic E-state index is 0.777. The Morgan fingerprint density at radius 3 is 2.67 bits per heavy atom. The highest BCUT2D eigenvalue weighted by molar-refractivity contribution is 9.10. The van der Waals surface area contributed by atoms with Crippen molar-refractivity contribution in [3.05, 3.63) is 53.1 Å². The number of benzene rings is 2. The average Bonchev–Trinajstić information content (AvgIpc) is 2.84. The molecule has 4 aromatic rings. The molecule has 0 aliphatic heterocycles. The topological polar surface area (TPSA) is 43.6 Å². The number of imidazole rings is 1. The highest BCUT2D eigenvalue weighted by Crippen LogP contribution is 2.24. The van der Waals surface area contributed by atoms with Crippen molar-refractivity contribution in [2.45, 2.75) is 0 Å². The van der Waals surface area contributed by atoms with Crippen LogP contribution in [0.3, 0.4) is 0 Å². The predicted octanol–water partition coefficient (Wildman–Crippen LogP) is 3.95. The van der Waals surface area contributed by atoms with Gasteiger partial charge in [0.25, 0.3) is 0 Å². The molecule has 0 fully saturated rings. The van der Waals surface area contributed by atoms with Crippen LogP contribution in [0.1, 0.15) is 0 Å². The monoisotopic (exact) mass is 338 g/mol. The molecule has 0 aliphatic rings. The molecule has 5 heteroatoms. The molecule has 0 saturated carbocycles. The lowest BCUT2D eigenvalue weighted by molar-refractivity contribution is 0.950. The van der Waals surface area contributed by atoms with Crippen LogP contribution in [0.2, 0.25) is 0 Å². The van der Waals surface area contributed by atoms with Crippen LogP contribution in [0.25, 0.3) is 33.6 Å². The highest BCUT2D eigenvalue weighted by Gasteiger charge is 2.11. The summed E-state index contributed by atoms with van der Waals surface area (Å²) in [4.78, 5) is 13.8. The third kappa shape index (κ3) is 2.01. The summed E-state index contributed by atoms with van der Waals surface area (Å²) >= 11 is 3.47. The van der Waals surface area contributed by atoms with Crippen molar-refractivity contribution in [1.29, 1.82) is 0 Å². The number of nitrogens with zero attached hydrogens (tertiary/aromatic N) is 4. The Hall–Kier alpha value is -2.27. The van der Waals surface area contributed by atoms with Crippen LogP contribution in [0.15, 0.2) is 53.1 Å². The highest BCUT2D eigenvalue weighted by atomic mass is 79.9. The van der Waals surface area contributed by atoms with Crippen molar-refractivity contribution in [3.63, 3.8) is 0 Å². The van der Waals surface area contributed by atoms with E-state index in [0.717, 1.165) is 38.1 Å². The van der Waals surface area contributed by atoms with E-state index in [0.29, 0.717) is 0 Å². The van der Waals surface area contributed by atoms with E-state index in [4.69, 9.17) is 0 Å². The maximum atomic E-state index is 4.69. The number of para-hydroxylation sites is 2. The third-order valence-electron chi connectivity index (χ3n) is 3.52. The average molecular weight is 339 g/mol. The summed E-state index contributed by atoms with van der Waals surface area (Å²) in [7, 11) is 2.00. The normalized spacial score (nSPS) is 11.3. The first-order valence-corrected chi connectivity index (χ1v) is 7.36. The van der Waals surface area contributed by atoms with Gasteiger partial charge >= 0.3 is 0 Å². The van der Waals surface area contributed by atoms with Gasteiger partial charge in [0.05, 0.1) is 28.3 Å². The van der Waals surface area contributed by atoms with Gasteiger partial charge in [-0.3, -0.25) is 4.98 Å². The molecule has 0 spiro atoms. The van der Waals surface area contributed by atoms with E-state index in [2.05, 4.69) is 36.9 Å².